The molecule has 1 amide bonds. The zero-order valence-electron chi connectivity index (χ0n) is 19.5. The number of nitrogens with one attached hydrogen (secondary N) is 1. The van der Waals surface area contributed by atoms with Crippen LogP contribution in [0.3, 0.4) is 0 Å². The molecule has 0 fully saturated rings. The third-order valence-corrected chi connectivity index (χ3v) is 5.44. The summed E-state index contributed by atoms with van der Waals surface area (Å²) in [7, 11) is 1.44. The van der Waals surface area contributed by atoms with Gasteiger partial charge in [0, 0.05) is 0 Å². The van der Waals surface area contributed by atoms with Gasteiger partial charge in [-0.1, -0.05) is 23.5 Å². The molecule has 0 aliphatic carbocycles. The van der Waals surface area contributed by atoms with Crippen LogP contribution in [-0.2, 0) is 11.0 Å². The summed E-state index contributed by atoms with van der Waals surface area (Å²) in [5.41, 5.74) is 2.27. The highest BCUT2D eigenvalue weighted by Gasteiger charge is 2.35. The van der Waals surface area contributed by atoms with E-state index in [0.29, 0.717) is 23.7 Å². The molecular weight excluding hydrogens is 497 g/mol. The molecule has 12 heteroatoms. The van der Waals surface area contributed by atoms with Crippen molar-refractivity contribution in [3.8, 4) is 23.3 Å². The summed E-state index contributed by atoms with van der Waals surface area (Å²) in [5.74, 6) is 0.598. The number of carbonyl (C=O) groups is 1. The zero-order valence-corrected chi connectivity index (χ0v) is 20.3. The van der Waals surface area contributed by atoms with Gasteiger partial charge in [-0.3, -0.25) is 10.1 Å². The average molecular weight is 519 g/mol. The van der Waals surface area contributed by atoms with Crippen molar-refractivity contribution in [2.45, 2.75) is 20.0 Å². The molecule has 0 saturated heterocycles. The van der Waals surface area contributed by atoms with Crippen molar-refractivity contribution in [2.24, 2.45) is 0 Å². The molecule has 0 spiro atoms. The molecule has 36 heavy (non-hydrogen) atoms. The molecule has 8 nitrogen and oxygen atoms in total. The maximum absolute atomic E-state index is 12.7. The number of ether oxygens (including phenoxy) is 3. The number of halogens is 3. The van der Waals surface area contributed by atoms with Gasteiger partial charge in [0.25, 0.3) is 5.91 Å². The maximum Gasteiger partial charge on any atom is 0.445 e. The van der Waals surface area contributed by atoms with Crippen LogP contribution in [0.2, 0.25) is 0 Å². The predicted molar refractivity (Wildman–Crippen MR) is 127 cm³/mol. The van der Waals surface area contributed by atoms with Crippen LogP contribution in [0.15, 0.2) is 42.0 Å². The van der Waals surface area contributed by atoms with Crippen LogP contribution in [0.5, 0.6) is 17.2 Å². The van der Waals surface area contributed by atoms with E-state index >= 15 is 0 Å². The molecule has 1 N–H and O–H groups in total. The molecule has 0 radical (unpaired) electrons. The number of nitriles is 1. The van der Waals surface area contributed by atoms with Crippen LogP contribution in [0.4, 0.5) is 18.3 Å². The van der Waals surface area contributed by atoms with E-state index in [-0.39, 0.29) is 28.6 Å². The number of rotatable bonds is 9. The van der Waals surface area contributed by atoms with E-state index in [9.17, 15) is 23.2 Å². The fourth-order valence-corrected chi connectivity index (χ4v) is 3.69. The monoisotopic (exact) mass is 518 g/mol. The van der Waals surface area contributed by atoms with Gasteiger partial charge in [0.05, 0.1) is 7.11 Å². The molecule has 3 aromatic rings. The molecule has 1 aromatic heterocycles. The number of hydrogen-bond donors (Lipinski definition) is 1. The molecule has 0 aliphatic heterocycles. The quantitative estimate of drug-likeness (QED) is 0.236. The third-order valence-electron chi connectivity index (χ3n) is 4.56. The van der Waals surface area contributed by atoms with E-state index in [4.69, 9.17) is 14.2 Å². The highest BCUT2D eigenvalue weighted by atomic mass is 32.1. The number of aromatic nitrogens is 2. The Morgan fingerprint density at radius 1 is 1.08 bits per heavy atom. The first-order valence-electron chi connectivity index (χ1n) is 10.4. The van der Waals surface area contributed by atoms with E-state index in [1.165, 1.54) is 13.2 Å². The van der Waals surface area contributed by atoms with Gasteiger partial charge >= 0.3 is 6.18 Å². The van der Waals surface area contributed by atoms with Crippen molar-refractivity contribution >= 4 is 28.5 Å². The van der Waals surface area contributed by atoms with Crippen molar-refractivity contribution in [3.05, 3.63) is 63.7 Å². The van der Waals surface area contributed by atoms with Crippen LogP contribution in [0.1, 0.15) is 21.7 Å². The molecule has 2 aromatic carbocycles. The number of nitrogens with zero attached hydrogens (tertiary/aromatic N) is 3. The minimum absolute atomic E-state index is 0.157. The first kappa shape index (κ1) is 26.5. The largest absolute Gasteiger partial charge is 0.493 e. The Hall–Kier alpha value is -4.11. The second-order valence-electron chi connectivity index (χ2n) is 7.46. The van der Waals surface area contributed by atoms with Gasteiger partial charge in [0.1, 0.15) is 30.6 Å². The van der Waals surface area contributed by atoms with Crippen LogP contribution >= 0.6 is 11.3 Å². The minimum Gasteiger partial charge on any atom is -0.493 e. The summed E-state index contributed by atoms with van der Waals surface area (Å²) in [6, 6.07) is 12.4. The lowest BCUT2D eigenvalue weighted by atomic mass is 10.1. The van der Waals surface area contributed by atoms with Gasteiger partial charge in [0.2, 0.25) is 10.1 Å². The number of hydrogen-bond acceptors (Lipinski definition) is 8. The number of amides is 1. The molecule has 0 unspecified atom stereocenters. The van der Waals surface area contributed by atoms with Crippen molar-refractivity contribution in [3.63, 3.8) is 0 Å². The van der Waals surface area contributed by atoms with E-state index in [2.05, 4.69) is 15.5 Å². The fourth-order valence-electron chi connectivity index (χ4n) is 3.09. The van der Waals surface area contributed by atoms with Gasteiger partial charge in [0.15, 0.2) is 11.5 Å². The summed E-state index contributed by atoms with van der Waals surface area (Å²) >= 11 is 0.157. The number of anilines is 1. The Balaban J connectivity index is 1.63. The molecule has 0 saturated carbocycles. The average Bonchev–Trinajstić information content (AvgIpc) is 3.29. The van der Waals surface area contributed by atoms with Crippen LogP contribution in [0.25, 0.3) is 6.08 Å². The van der Waals surface area contributed by atoms with E-state index in [1.54, 1.807) is 24.3 Å². The normalized spacial score (nSPS) is 11.5. The SMILES string of the molecule is COc1cc(/C=C(/C#N)C(=O)Nc2nnc(C(F)(F)F)s2)ccc1OCCOc1cc(C)cc(C)c1. The van der Waals surface area contributed by atoms with Crippen LogP contribution in [-0.4, -0.2) is 36.4 Å². The summed E-state index contributed by atoms with van der Waals surface area (Å²) in [4.78, 5) is 12.3. The van der Waals surface area contributed by atoms with Crippen molar-refractivity contribution in [1.29, 1.82) is 5.26 Å². The summed E-state index contributed by atoms with van der Waals surface area (Å²) in [5, 5.41) is 16.2. The lowest BCUT2D eigenvalue weighted by molar-refractivity contribution is -0.138. The molecule has 0 aliphatic rings. The Kier molecular flexibility index (Phi) is 8.50. The minimum atomic E-state index is -4.68. The molecule has 188 valence electrons. The Morgan fingerprint density at radius 2 is 1.78 bits per heavy atom. The maximum atomic E-state index is 12.7. The van der Waals surface area contributed by atoms with Crippen LogP contribution in [0, 0.1) is 25.2 Å². The first-order chi connectivity index (χ1) is 17.1. The van der Waals surface area contributed by atoms with Crippen molar-refractivity contribution < 1.29 is 32.2 Å². The second kappa shape index (κ2) is 11.5. The third kappa shape index (κ3) is 7.19. The standard InChI is InChI=1S/C24H21F3N4O4S/c1-14-8-15(2)10-18(9-14)34-6-7-35-19-5-4-16(12-20(19)33-3)11-17(13-28)21(32)29-23-31-30-22(36-23)24(25,26)27/h4-5,8-12H,6-7H2,1-3H3,(H,29,31,32)/b17-11-. The lowest BCUT2D eigenvalue weighted by Crippen LogP contribution is -2.13. The molecular formula is C24H21F3N4O4S. The van der Waals surface area contributed by atoms with E-state index < -0.39 is 17.1 Å². The Morgan fingerprint density at radius 3 is 2.39 bits per heavy atom. The van der Waals surface area contributed by atoms with Crippen molar-refractivity contribution in [2.75, 3.05) is 25.6 Å². The van der Waals surface area contributed by atoms with Crippen molar-refractivity contribution in [1.82, 2.24) is 10.2 Å². The van der Waals surface area contributed by atoms with Gasteiger partial charge in [-0.25, -0.2) is 0 Å². The highest BCUT2D eigenvalue weighted by molar-refractivity contribution is 7.15. The lowest BCUT2D eigenvalue weighted by Gasteiger charge is -2.13. The van der Waals surface area contributed by atoms with Crippen LogP contribution < -0.4 is 19.5 Å². The Bertz CT molecular complexity index is 1300. The van der Waals surface area contributed by atoms with E-state index in [1.807, 2.05) is 32.0 Å². The highest BCUT2D eigenvalue weighted by Crippen LogP contribution is 2.33. The molecule has 0 atom stereocenters. The fraction of sp³-hybridized carbons (Fsp3) is 0.250. The summed E-state index contributed by atoms with van der Waals surface area (Å²) in [6.07, 6.45) is -3.42. The molecule has 3 rings (SSSR count). The summed E-state index contributed by atoms with van der Waals surface area (Å²) < 4.78 is 54.8. The number of alkyl halides is 3. The number of aryl methyl sites for hydroxylation is 2. The predicted octanol–water partition coefficient (Wildman–Crippen LogP) is 5.19. The second-order valence-corrected chi connectivity index (χ2v) is 8.44. The van der Waals surface area contributed by atoms with Gasteiger partial charge in [-0.15, -0.1) is 10.2 Å². The smallest absolute Gasteiger partial charge is 0.445 e. The van der Waals surface area contributed by atoms with Gasteiger partial charge in [-0.2, -0.15) is 18.4 Å². The Labute approximate surface area is 208 Å². The summed E-state index contributed by atoms with van der Waals surface area (Å²) in [6.45, 7) is 4.51. The number of methoxy groups -OCH3 is 1. The topological polar surface area (TPSA) is 106 Å². The van der Waals surface area contributed by atoms with E-state index in [0.717, 1.165) is 16.9 Å². The number of carbonyl (C=O) groups excluding carboxylic acids is 1. The molecule has 1 heterocycles. The number of benzene rings is 2. The first-order valence-corrected chi connectivity index (χ1v) is 11.3. The zero-order chi connectivity index (χ0) is 26.3. The molecule has 0 bridgehead atoms. The van der Waals surface area contributed by atoms with Gasteiger partial charge in [-0.05, 0) is 60.9 Å². The van der Waals surface area contributed by atoms with Gasteiger partial charge < -0.3 is 14.2 Å².